The molecule has 1 aromatic carbocycles. The van der Waals surface area contributed by atoms with E-state index in [0.29, 0.717) is 0 Å². The molecule has 17 heavy (non-hydrogen) atoms. The van der Waals surface area contributed by atoms with Crippen LogP contribution >= 0.6 is 12.6 Å². The van der Waals surface area contributed by atoms with Crippen LogP contribution in [0.25, 0.3) is 0 Å². The highest BCUT2D eigenvalue weighted by Gasteiger charge is 2.05. The predicted molar refractivity (Wildman–Crippen MR) is 74.6 cm³/mol. The maximum Gasteiger partial charge on any atom is 0.160 e. The van der Waals surface area contributed by atoms with E-state index in [4.69, 9.17) is 9.47 Å². The Balaban J connectivity index is 2.60. The maximum absolute atomic E-state index is 5.28. The summed E-state index contributed by atoms with van der Waals surface area (Å²) in [5.74, 6) is 2.46. The summed E-state index contributed by atoms with van der Waals surface area (Å²) in [6, 6.07) is 6.07. The van der Waals surface area contributed by atoms with Crippen molar-refractivity contribution >= 4 is 12.6 Å². The van der Waals surface area contributed by atoms with Crippen LogP contribution < -0.4 is 9.47 Å². The normalized spacial score (nSPS) is 10.6. The summed E-state index contributed by atoms with van der Waals surface area (Å²) in [5, 5.41) is 0. The van der Waals surface area contributed by atoms with Gasteiger partial charge in [0.15, 0.2) is 11.5 Å². The molecule has 0 radical (unpaired) electrons. The number of methoxy groups -OCH3 is 2. The molecule has 0 saturated carbocycles. The fourth-order valence-electron chi connectivity index (χ4n) is 1.64. The van der Waals surface area contributed by atoms with Crippen molar-refractivity contribution in [2.45, 2.75) is 6.42 Å². The van der Waals surface area contributed by atoms with E-state index in [1.54, 1.807) is 14.2 Å². The largest absolute Gasteiger partial charge is 0.493 e. The molecule has 3 nitrogen and oxygen atoms in total. The summed E-state index contributed by atoms with van der Waals surface area (Å²) < 4.78 is 10.5. The van der Waals surface area contributed by atoms with E-state index in [9.17, 15) is 0 Å². The molecule has 0 heterocycles. The molecule has 0 spiro atoms. The number of hydrogen-bond donors (Lipinski definition) is 1. The Kier molecular flexibility index (Phi) is 6.22. The van der Waals surface area contributed by atoms with Gasteiger partial charge in [0.1, 0.15) is 0 Å². The molecule has 1 aromatic rings. The van der Waals surface area contributed by atoms with Crippen molar-refractivity contribution < 1.29 is 9.47 Å². The first kappa shape index (κ1) is 14.2. The first-order valence-electron chi connectivity index (χ1n) is 5.71. The van der Waals surface area contributed by atoms with Gasteiger partial charge in [-0.15, -0.1) is 0 Å². The molecule has 96 valence electrons. The summed E-state index contributed by atoms with van der Waals surface area (Å²) in [7, 11) is 5.42. The Morgan fingerprint density at radius 3 is 2.41 bits per heavy atom. The van der Waals surface area contributed by atoms with Crippen molar-refractivity contribution in [3.8, 4) is 11.5 Å². The Bertz CT molecular complexity index is 344. The van der Waals surface area contributed by atoms with Crippen molar-refractivity contribution in [3.05, 3.63) is 23.8 Å². The van der Waals surface area contributed by atoms with Gasteiger partial charge >= 0.3 is 0 Å². The molecule has 0 aromatic heterocycles. The molecule has 0 aliphatic heterocycles. The zero-order valence-electron chi connectivity index (χ0n) is 10.8. The second-order valence-electron chi connectivity index (χ2n) is 3.97. The Morgan fingerprint density at radius 2 is 1.82 bits per heavy atom. The van der Waals surface area contributed by atoms with Gasteiger partial charge in [0.25, 0.3) is 0 Å². The SMILES string of the molecule is COc1ccc(CCN(C)CCS)cc1OC. The minimum Gasteiger partial charge on any atom is -0.493 e. The van der Waals surface area contributed by atoms with Crippen LogP contribution in [0.4, 0.5) is 0 Å². The fourth-order valence-corrected chi connectivity index (χ4v) is 1.98. The number of ether oxygens (including phenoxy) is 2. The zero-order valence-corrected chi connectivity index (χ0v) is 11.7. The molecule has 0 fully saturated rings. The standard InChI is InChI=1S/C13H21NO2S/c1-14(8-9-17)7-6-11-4-5-12(15-2)13(10-11)16-3/h4-5,10,17H,6-9H2,1-3H3. The van der Waals surface area contributed by atoms with Crippen LogP contribution in [0, 0.1) is 0 Å². The summed E-state index contributed by atoms with van der Waals surface area (Å²) in [6.45, 7) is 2.03. The third kappa shape index (κ3) is 4.48. The van der Waals surface area contributed by atoms with E-state index in [2.05, 4.69) is 30.6 Å². The van der Waals surface area contributed by atoms with Gasteiger partial charge in [-0.25, -0.2) is 0 Å². The van der Waals surface area contributed by atoms with Crippen LogP contribution in [-0.2, 0) is 6.42 Å². The van der Waals surface area contributed by atoms with Crippen LogP contribution in [-0.4, -0.2) is 45.0 Å². The van der Waals surface area contributed by atoms with Crippen molar-refractivity contribution in [3.63, 3.8) is 0 Å². The van der Waals surface area contributed by atoms with Gasteiger partial charge in [0.05, 0.1) is 14.2 Å². The molecule has 0 atom stereocenters. The molecule has 0 N–H and O–H groups in total. The number of hydrogen-bond acceptors (Lipinski definition) is 4. The van der Waals surface area contributed by atoms with Crippen molar-refractivity contribution in [2.75, 3.05) is 40.1 Å². The Labute approximate surface area is 109 Å². The lowest BCUT2D eigenvalue weighted by molar-refractivity contribution is 0.351. The average molecular weight is 255 g/mol. The minimum absolute atomic E-state index is 0.778. The molecule has 1 rings (SSSR count). The fraction of sp³-hybridized carbons (Fsp3) is 0.538. The van der Waals surface area contributed by atoms with Gasteiger partial charge in [-0.2, -0.15) is 12.6 Å². The number of rotatable bonds is 7. The number of nitrogens with zero attached hydrogens (tertiary/aromatic N) is 1. The molecular weight excluding hydrogens is 234 g/mol. The van der Waals surface area contributed by atoms with Gasteiger partial charge in [0, 0.05) is 18.8 Å². The van der Waals surface area contributed by atoms with E-state index in [0.717, 1.165) is 36.8 Å². The Hall–Kier alpha value is -0.870. The van der Waals surface area contributed by atoms with E-state index in [1.165, 1.54) is 5.56 Å². The second-order valence-corrected chi connectivity index (χ2v) is 4.41. The number of thiol groups is 1. The van der Waals surface area contributed by atoms with Crippen LogP contribution in [0.15, 0.2) is 18.2 Å². The molecule has 4 heteroatoms. The lowest BCUT2D eigenvalue weighted by atomic mass is 10.1. The van der Waals surface area contributed by atoms with E-state index in [-0.39, 0.29) is 0 Å². The number of benzene rings is 1. The molecular formula is C13H21NO2S. The van der Waals surface area contributed by atoms with Gasteiger partial charge in [-0.3, -0.25) is 0 Å². The van der Waals surface area contributed by atoms with Crippen molar-refractivity contribution in [1.82, 2.24) is 4.90 Å². The highest BCUT2D eigenvalue weighted by molar-refractivity contribution is 7.80. The Morgan fingerprint density at radius 1 is 1.12 bits per heavy atom. The van der Waals surface area contributed by atoms with Gasteiger partial charge in [0.2, 0.25) is 0 Å². The quantitative estimate of drug-likeness (QED) is 0.754. The first-order valence-corrected chi connectivity index (χ1v) is 6.34. The van der Waals surface area contributed by atoms with Crippen LogP contribution in [0.5, 0.6) is 11.5 Å². The summed E-state index contributed by atoms with van der Waals surface area (Å²) >= 11 is 4.22. The first-order chi connectivity index (χ1) is 8.21. The predicted octanol–water partition coefficient (Wildman–Crippen LogP) is 2.11. The monoisotopic (exact) mass is 255 g/mol. The van der Waals surface area contributed by atoms with E-state index >= 15 is 0 Å². The van der Waals surface area contributed by atoms with Gasteiger partial charge in [-0.05, 0) is 31.2 Å². The molecule has 0 saturated heterocycles. The highest BCUT2D eigenvalue weighted by Crippen LogP contribution is 2.27. The van der Waals surface area contributed by atoms with Crippen LogP contribution in [0.1, 0.15) is 5.56 Å². The third-order valence-electron chi connectivity index (χ3n) is 2.71. The molecule has 0 amide bonds. The third-order valence-corrected chi connectivity index (χ3v) is 2.91. The van der Waals surface area contributed by atoms with Gasteiger partial charge < -0.3 is 14.4 Å². The number of likely N-dealkylation sites (N-methyl/N-ethyl adjacent to an activating group) is 1. The van der Waals surface area contributed by atoms with Crippen LogP contribution in [0.2, 0.25) is 0 Å². The van der Waals surface area contributed by atoms with Crippen molar-refractivity contribution in [2.24, 2.45) is 0 Å². The zero-order chi connectivity index (χ0) is 12.7. The summed E-state index contributed by atoms with van der Waals surface area (Å²) in [6.07, 6.45) is 1.00. The smallest absolute Gasteiger partial charge is 0.160 e. The summed E-state index contributed by atoms with van der Waals surface area (Å²) in [4.78, 5) is 2.27. The lowest BCUT2D eigenvalue weighted by Gasteiger charge is -2.15. The molecule has 0 aliphatic rings. The van der Waals surface area contributed by atoms with E-state index < -0.39 is 0 Å². The van der Waals surface area contributed by atoms with Gasteiger partial charge in [-0.1, -0.05) is 6.07 Å². The van der Waals surface area contributed by atoms with Crippen molar-refractivity contribution in [1.29, 1.82) is 0 Å². The topological polar surface area (TPSA) is 21.7 Å². The highest BCUT2D eigenvalue weighted by atomic mass is 32.1. The summed E-state index contributed by atoms with van der Waals surface area (Å²) in [5.41, 5.74) is 1.26. The molecule has 0 bridgehead atoms. The lowest BCUT2D eigenvalue weighted by Crippen LogP contribution is -2.23. The second kappa shape index (κ2) is 7.45. The minimum atomic E-state index is 0.778. The van der Waals surface area contributed by atoms with Crippen LogP contribution in [0.3, 0.4) is 0 Å². The average Bonchev–Trinajstić information content (AvgIpc) is 2.36. The maximum atomic E-state index is 5.28. The van der Waals surface area contributed by atoms with E-state index in [1.807, 2.05) is 12.1 Å². The molecule has 0 unspecified atom stereocenters. The molecule has 0 aliphatic carbocycles.